The molecule has 0 amide bonds. The molecule has 1 unspecified atom stereocenters. The van der Waals surface area contributed by atoms with Crippen molar-refractivity contribution in [2.75, 3.05) is 11.9 Å². The van der Waals surface area contributed by atoms with Gasteiger partial charge in [0, 0.05) is 5.69 Å². The fourth-order valence-electron chi connectivity index (χ4n) is 1.83. The van der Waals surface area contributed by atoms with Crippen LogP contribution in [0.15, 0.2) is 24.4 Å². The van der Waals surface area contributed by atoms with Gasteiger partial charge in [-0.2, -0.15) is 0 Å². The first-order valence-electron chi connectivity index (χ1n) is 6.31. The SMILES string of the molecule is CCOC(=O)C(Nc1cc(C)cc(F)c1)c1ncc(Cl)s1. The lowest BCUT2D eigenvalue weighted by molar-refractivity contribution is -0.144. The van der Waals surface area contributed by atoms with Crippen molar-refractivity contribution in [3.05, 3.63) is 45.1 Å². The minimum Gasteiger partial charge on any atom is -0.464 e. The average molecular weight is 329 g/mol. The number of anilines is 1. The Kier molecular flexibility index (Phi) is 5.14. The molecular weight excluding hydrogens is 315 g/mol. The number of halogens is 2. The summed E-state index contributed by atoms with van der Waals surface area (Å²) in [6.07, 6.45) is 1.46. The minimum absolute atomic E-state index is 0.248. The van der Waals surface area contributed by atoms with Crippen molar-refractivity contribution in [2.24, 2.45) is 0 Å². The van der Waals surface area contributed by atoms with E-state index in [2.05, 4.69) is 10.3 Å². The molecule has 0 saturated heterocycles. The second-order valence-electron chi connectivity index (χ2n) is 4.35. The monoisotopic (exact) mass is 328 g/mol. The van der Waals surface area contributed by atoms with Crippen LogP contribution in [0, 0.1) is 12.7 Å². The molecule has 21 heavy (non-hydrogen) atoms. The van der Waals surface area contributed by atoms with Gasteiger partial charge in [0.25, 0.3) is 0 Å². The highest BCUT2D eigenvalue weighted by Gasteiger charge is 2.25. The van der Waals surface area contributed by atoms with Crippen molar-refractivity contribution in [3.63, 3.8) is 0 Å². The molecule has 1 N–H and O–H groups in total. The first-order valence-corrected chi connectivity index (χ1v) is 7.50. The number of hydrogen-bond acceptors (Lipinski definition) is 5. The van der Waals surface area contributed by atoms with E-state index >= 15 is 0 Å². The summed E-state index contributed by atoms with van der Waals surface area (Å²) in [5.74, 6) is -0.859. The van der Waals surface area contributed by atoms with Gasteiger partial charge in [-0.25, -0.2) is 14.2 Å². The zero-order chi connectivity index (χ0) is 15.4. The lowest BCUT2D eigenvalue weighted by Crippen LogP contribution is -2.23. The van der Waals surface area contributed by atoms with E-state index in [0.29, 0.717) is 15.0 Å². The number of benzene rings is 1. The molecule has 7 heteroatoms. The summed E-state index contributed by atoms with van der Waals surface area (Å²) in [4.78, 5) is 16.2. The Balaban J connectivity index is 2.29. The number of nitrogens with one attached hydrogen (secondary N) is 1. The van der Waals surface area contributed by atoms with E-state index < -0.39 is 12.0 Å². The fourth-order valence-corrected chi connectivity index (χ4v) is 2.80. The van der Waals surface area contributed by atoms with Crippen LogP contribution >= 0.6 is 22.9 Å². The average Bonchev–Trinajstić information content (AvgIpc) is 2.81. The van der Waals surface area contributed by atoms with E-state index in [1.807, 2.05) is 0 Å². The number of rotatable bonds is 5. The Hall–Kier alpha value is -1.66. The second-order valence-corrected chi connectivity index (χ2v) is 6.04. The van der Waals surface area contributed by atoms with Gasteiger partial charge in [0.1, 0.15) is 15.2 Å². The molecular formula is C14H14ClFN2O2S. The second kappa shape index (κ2) is 6.87. The molecule has 0 aliphatic heterocycles. The Bertz CT molecular complexity index is 627. The number of esters is 1. The number of nitrogens with zero attached hydrogens (tertiary/aromatic N) is 1. The number of aromatic nitrogens is 1. The van der Waals surface area contributed by atoms with Crippen LogP contribution in [-0.4, -0.2) is 17.6 Å². The van der Waals surface area contributed by atoms with E-state index in [4.69, 9.17) is 16.3 Å². The van der Waals surface area contributed by atoms with Crippen LogP contribution in [-0.2, 0) is 9.53 Å². The van der Waals surface area contributed by atoms with Gasteiger partial charge in [0.2, 0.25) is 0 Å². The third-order valence-corrected chi connectivity index (χ3v) is 3.80. The molecule has 1 heterocycles. The first kappa shape index (κ1) is 15.7. The zero-order valence-corrected chi connectivity index (χ0v) is 13.1. The van der Waals surface area contributed by atoms with Crippen LogP contribution in [0.25, 0.3) is 0 Å². The number of ether oxygens (including phenoxy) is 1. The third-order valence-electron chi connectivity index (χ3n) is 2.62. The topological polar surface area (TPSA) is 51.2 Å². The first-order chi connectivity index (χ1) is 9.99. The van der Waals surface area contributed by atoms with Crippen LogP contribution in [0.2, 0.25) is 4.34 Å². The largest absolute Gasteiger partial charge is 0.464 e. The number of aryl methyl sites for hydroxylation is 1. The molecule has 0 spiro atoms. The fraction of sp³-hybridized carbons (Fsp3) is 0.286. The van der Waals surface area contributed by atoms with Crippen molar-refractivity contribution in [1.82, 2.24) is 4.98 Å². The molecule has 0 radical (unpaired) electrons. The van der Waals surface area contributed by atoms with Crippen molar-refractivity contribution in [3.8, 4) is 0 Å². The van der Waals surface area contributed by atoms with E-state index in [0.717, 1.165) is 5.56 Å². The number of carbonyl (C=O) groups excluding carboxylic acids is 1. The molecule has 0 bridgehead atoms. The molecule has 4 nitrogen and oxygen atoms in total. The van der Waals surface area contributed by atoms with E-state index in [9.17, 15) is 9.18 Å². The highest BCUT2D eigenvalue weighted by molar-refractivity contribution is 7.16. The number of thiazole rings is 1. The van der Waals surface area contributed by atoms with Gasteiger partial charge < -0.3 is 10.1 Å². The van der Waals surface area contributed by atoms with Gasteiger partial charge in [-0.05, 0) is 37.6 Å². The van der Waals surface area contributed by atoms with Crippen molar-refractivity contribution < 1.29 is 13.9 Å². The molecule has 1 aromatic carbocycles. The van der Waals surface area contributed by atoms with Crippen molar-refractivity contribution >= 4 is 34.6 Å². The predicted octanol–water partition coefficient (Wildman–Crippen LogP) is 3.96. The summed E-state index contributed by atoms with van der Waals surface area (Å²) < 4.78 is 18.9. The van der Waals surface area contributed by atoms with Gasteiger partial charge in [0.15, 0.2) is 6.04 Å². The maximum absolute atomic E-state index is 13.4. The molecule has 2 aromatic rings. The molecule has 0 saturated carbocycles. The van der Waals surface area contributed by atoms with Crippen molar-refractivity contribution in [1.29, 1.82) is 0 Å². The molecule has 0 aliphatic rings. The van der Waals surface area contributed by atoms with Crippen LogP contribution in [0.4, 0.5) is 10.1 Å². The molecule has 0 fully saturated rings. The number of hydrogen-bond donors (Lipinski definition) is 1. The quantitative estimate of drug-likeness (QED) is 0.844. The summed E-state index contributed by atoms with van der Waals surface area (Å²) in [5.41, 5.74) is 1.23. The maximum Gasteiger partial charge on any atom is 0.335 e. The standard InChI is InChI=1S/C14H14ClFN2O2S/c1-3-20-14(19)12(13-17-7-11(15)21-13)18-10-5-8(2)4-9(16)6-10/h4-7,12,18H,3H2,1-2H3. The number of carbonyl (C=O) groups is 1. The third kappa shape index (κ3) is 4.15. The molecule has 0 aliphatic carbocycles. The van der Waals surface area contributed by atoms with Crippen LogP contribution < -0.4 is 5.32 Å². The maximum atomic E-state index is 13.4. The Morgan fingerprint density at radius 2 is 2.29 bits per heavy atom. The molecule has 112 valence electrons. The lowest BCUT2D eigenvalue weighted by atomic mass is 10.2. The Morgan fingerprint density at radius 1 is 1.52 bits per heavy atom. The lowest BCUT2D eigenvalue weighted by Gasteiger charge is -2.16. The minimum atomic E-state index is -0.816. The molecule has 2 rings (SSSR count). The highest BCUT2D eigenvalue weighted by Crippen LogP contribution is 2.28. The van der Waals surface area contributed by atoms with Crippen LogP contribution in [0.3, 0.4) is 0 Å². The molecule has 1 aromatic heterocycles. The summed E-state index contributed by atoms with van der Waals surface area (Å²) in [5, 5.41) is 3.42. The van der Waals surface area contributed by atoms with Gasteiger partial charge in [-0.15, -0.1) is 11.3 Å². The van der Waals surface area contributed by atoms with Gasteiger partial charge in [-0.3, -0.25) is 0 Å². The van der Waals surface area contributed by atoms with Gasteiger partial charge in [-0.1, -0.05) is 11.6 Å². The van der Waals surface area contributed by atoms with Crippen LogP contribution in [0.1, 0.15) is 23.5 Å². The summed E-state index contributed by atoms with van der Waals surface area (Å²) in [6.45, 7) is 3.74. The highest BCUT2D eigenvalue weighted by atomic mass is 35.5. The predicted molar refractivity (Wildman–Crippen MR) is 81.3 cm³/mol. The summed E-state index contributed by atoms with van der Waals surface area (Å²) >= 11 is 7.03. The van der Waals surface area contributed by atoms with E-state index in [-0.39, 0.29) is 12.4 Å². The Labute approximate surface area is 130 Å². The van der Waals surface area contributed by atoms with E-state index in [1.54, 1.807) is 19.9 Å². The molecule has 1 atom stereocenters. The summed E-state index contributed by atoms with van der Waals surface area (Å²) in [6, 6.07) is 3.65. The zero-order valence-electron chi connectivity index (χ0n) is 11.5. The normalized spacial score (nSPS) is 12.0. The van der Waals surface area contributed by atoms with Gasteiger partial charge in [0.05, 0.1) is 12.8 Å². The smallest absolute Gasteiger partial charge is 0.335 e. The summed E-state index contributed by atoms with van der Waals surface area (Å²) in [7, 11) is 0. The van der Waals surface area contributed by atoms with Crippen molar-refractivity contribution in [2.45, 2.75) is 19.9 Å². The van der Waals surface area contributed by atoms with Crippen LogP contribution in [0.5, 0.6) is 0 Å². The van der Waals surface area contributed by atoms with Gasteiger partial charge >= 0.3 is 5.97 Å². The van der Waals surface area contributed by atoms with E-state index in [1.165, 1.54) is 29.7 Å². The Morgan fingerprint density at radius 3 is 2.86 bits per heavy atom.